The molecule has 0 aliphatic heterocycles. The fraction of sp³-hybridized carbons (Fsp3) is 0.0870. The van der Waals surface area contributed by atoms with Crippen molar-refractivity contribution in [3.05, 3.63) is 88.1 Å². The second-order valence-corrected chi connectivity index (χ2v) is 8.89. The lowest BCUT2D eigenvalue weighted by atomic mass is 10.2. The number of halogens is 2. The lowest BCUT2D eigenvalue weighted by molar-refractivity contribution is 0.0988. The zero-order chi connectivity index (χ0) is 22.0. The van der Waals surface area contributed by atoms with Crippen molar-refractivity contribution in [1.29, 1.82) is 0 Å². The van der Waals surface area contributed by atoms with Gasteiger partial charge in [-0.1, -0.05) is 39.4 Å². The molecule has 8 heteroatoms. The number of amides is 1. The van der Waals surface area contributed by atoms with Crippen LogP contribution in [0, 0.1) is 5.82 Å². The van der Waals surface area contributed by atoms with Gasteiger partial charge in [-0.3, -0.25) is 4.79 Å². The lowest BCUT2D eigenvalue weighted by Gasteiger charge is -2.16. The topological polar surface area (TPSA) is 48.8 Å². The summed E-state index contributed by atoms with van der Waals surface area (Å²) >= 11 is 4.83. The third kappa shape index (κ3) is 4.81. The van der Waals surface area contributed by atoms with Crippen LogP contribution in [0.15, 0.2) is 76.3 Å². The van der Waals surface area contributed by atoms with E-state index in [1.165, 1.54) is 34.7 Å². The van der Waals surface area contributed by atoms with E-state index in [1.807, 2.05) is 49.3 Å². The van der Waals surface area contributed by atoms with Crippen LogP contribution in [-0.4, -0.2) is 31.2 Å². The highest BCUT2D eigenvalue weighted by atomic mass is 79.9. The third-order valence-electron chi connectivity index (χ3n) is 4.54. The first-order valence-electron chi connectivity index (χ1n) is 9.38. The molecule has 0 saturated heterocycles. The Bertz CT molecular complexity index is 1250. The van der Waals surface area contributed by atoms with Gasteiger partial charge in [-0.25, -0.2) is 9.37 Å². The van der Waals surface area contributed by atoms with E-state index in [9.17, 15) is 9.18 Å². The molecule has 1 heterocycles. The first-order valence-corrected chi connectivity index (χ1v) is 11.0. The molecule has 0 aliphatic rings. The molecule has 1 amide bonds. The molecular weight excluding hydrogens is 479 g/mol. The third-order valence-corrected chi connectivity index (χ3v) is 6.02. The largest absolute Gasteiger partial charge is 0.378 e. The fourth-order valence-corrected chi connectivity index (χ4v) is 4.34. The van der Waals surface area contributed by atoms with Crippen LogP contribution >= 0.6 is 27.3 Å². The molecule has 0 unspecified atom stereocenters. The molecule has 4 aromatic rings. The van der Waals surface area contributed by atoms with Gasteiger partial charge in [0.25, 0.3) is 5.91 Å². The van der Waals surface area contributed by atoms with E-state index in [2.05, 4.69) is 26.0 Å². The number of hydrogen-bond acceptors (Lipinski definition) is 5. The number of benzene rings is 3. The summed E-state index contributed by atoms with van der Waals surface area (Å²) in [5, 5.41) is 6.14. The van der Waals surface area contributed by atoms with Gasteiger partial charge >= 0.3 is 0 Å². The molecule has 3 aromatic carbocycles. The molecule has 0 bridgehead atoms. The van der Waals surface area contributed by atoms with Gasteiger partial charge in [0.05, 0.1) is 16.4 Å². The Labute approximate surface area is 191 Å². The number of hydrazone groups is 1. The molecule has 1 aromatic heterocycles. The lowest BCUT2D eigenvalue weighted by Crippen LogP contribution is -2.25. The Hall–Kier alpha value is -3.10. The van der Waals surface area contributed by atoms with Crippen LogP contribution in [-0.2, 0) is 0 Å². The molecule has 0 N–H and O–H groups in total. The van der Waals surface area contributed by atoms with Crippen molar-refractivity contribution in [3.8, 4) is 0 Å². The molecule has 0 atom stereocenters. The minimum atomic E-state index is -0.331. The Kier molecular flexibility index (Phi) is 6.11. The van der Waals surface area contributed by atoms with Crippen molar-refractivity contribution < 1.29 is 9.18 Å². The van der Waals surface area contributed by atoms with Gasteiger partial charge in [-0.15, -0.1) is 0 Å². The van der Waals surface area contributed by atoms with Crippen molar-refractivity contribution in [2.24, 2.45) is 5.10 Å². The molecule has 4 rings (SSSR count). The minimum absolute atomic E-state index is 0.304. The van der Waals surface area contributed by atoms with E-state index in [1.54, 1.807) is 24.3 Å². The van der Waals surface area contributed by atoms with Crippen molar-refractivity contribution in [3.63, 3.8) is 0 Å². The zero-order valence-electron chi connectivity index (χ0n) is 16.8. The highest BCUT2D eigenvalue weighted by molar-refractivity contribution is 9.10. The van der Waals surface area contributed by atoms with E-state index in [-0.39, 0.29) is 11.7 Å². The highest BCUT2D eigenvalue weighted by Crippen LogP contribution is 2.32. The molecule has 31 heavy (non-hydrogen) atoms. The molecule has 0 aliphatic carbocycles. The van der Waals surface area contributed by atoms with Gasteiger partial charge in [0.2, 0.25) is 5.13 Å². The van der Waals surface area contributed by atoms with Crippen molar-refractivity contribution in [2.75, 3.05) is 24.0 Å². The first kappa shape index (κ1) is 21.1. The van der Waals surface area contributed by atoms with Crippen LogP contribution in [0.25, 0.3) is 10.2 Å². The van der Waals surface area contributed by atoms with Crippen molar-refractivity contribution in [1.82, 2.24) is 4.98 Å². The number of rotatable bonds is 5. The highest BCUT2D eigenvalue weighted by Gasteiger charge is 2.21. The summed E-state index contributed by atoms with van der Waals surface area (Å²) in [5.74, 6) is -0.635. The minimum Gasteiger partial charge on any atom is -0.378 e. The molecule has 0 radical (unpaired) electrons. The summed E-state index contributed by atoms with van der Waals surface area (Å²) < 4.78 is 15.1. The van der Waals surface area contributed by atoms with Gasteiger partial charge in [0, 0.05) is 29.8 Å². The monoisotopic (exact) mass is 496 g/mol. The van der Waals surface area contributed by atoms with Crippen LogP contribution in [0.2, 0.25) is 0 Å². The number of aromatic nitrogens is 1. The van der Waals surface area contributed by atoms with Crippen LogP contribution in [0.3, 0.4) is 0 Å². The Morgan fingerprint density at radius 2 is 1.77 bits per heavy atom. The SMILES string of the molecule is CN(C)c1ccc(C(=O)N(/N=C/c2ccc(F)cc2)c2nc3ccc(Br)cc3s2)cc1. The number of anilines is 2. The summed E-state index contributed by atoms with van der Waals surface area (Å²) in [6.45, 7) is 0. The summed E-state index contributed by atoms with van der Waals surface area (Å²) in [6.07, 6.45) is 1.52. The molecule has 0 fully saturated rings. The molecule has 156 valence electrons. The number of carbonyl (C=O) groups is 1. The Balaban J connectivity index is 1.73. The maximum absolute atomic E-state index is 13.3. The van der Waals surface area contributed by atoms with Gasteiger partial charge < -0.3 is 4.90 Å². The standard InChI is InChI=1S/C23H18BrFN4OS/c1-28(2)19-10-5-16(6-11-19)22(30)29(26-14-15-3-8-18(25)9-4-15)23-27-20-12-7-17(24)13-21(20)31-23/h3-14H,1-2H3/b26-14+. The quantitative estimate of drug-likeness (QED) is 0.253. The van der Waals surface area contributed by atoms with Crippen LogP contribution in [0.5, 0.6) is 0 Å². The van der Waals surface area contributed by atoms with E-state index in [0.717, 1.165) is 20.4 Å². The summed E-state index contributed by atoms with van der Waals surface area (Å²) in [5.41, 5.74) is 2.93. The fourth-order valence-electron chi connectivity index (χ4n) is 2.86. The van der Waals surface area contributed by atoms with E-state index >= 15 is 0 Å². The van der Waals surface area contributed by atoms with Crippen LogP contribution in [0.4, 0.5) is 15.2 Å². The van der Waals surface area contributed by atoms with Crippen molar-refractivity contribution >= 4 is 60.4 Å². The molecule has 0 saturated carbocycles. The maximum Gasteiger partial charge on any atom is 0.280 e. The Morgan fingerprint density at radius 1 is 1.06 bits per heavy atom. The number of thiazole rings is 1. The van der Waals surface area contributed by atoms with Gasteiger partial charge in [-0.2, -0.15) is 10.1 Å². The molecular formula is C23H18BrFN4OS. The predicted molar refractivity (Wildman–Crippen MR) is 129 cm³/mol. The second kappa shape index (κ2) is 8.95. The van der Waals surface area contributed by atoms with Gasteiger partial charge in [-0.05, 0) is 60.2 Å². The van der Waals surface area contributed by atoms with Crippen molar-refractivity contribution in [2.45, 2.75) is 0 Å². The summed E-state index contributed by atoms with van der Waals surface area (Å²) in [6, 6.07) is 18.9. The molecule has 0 spiro atoms. The first-order chi connectivity index (χ1) is 14.9. The number of hydrogen-bond donors (Lipinski definition) is 0. The van der Waals surface area contributed by atoms with E-state index < -0.39 is 0 Å². The van der Waals surface area contributed by atoms with Crippen LogP contribution < -0.4 is 9.91 Å². The van der Waals surface area contributed by atoms with E-state index in [0.29, 0.717) is 16.3 Å². The average Bonchev–Trinajstić information content (AvgIpc) is 3.17. The smallest absolute Gasteiger partial charge is 0.280 e. The molecule has 5 nitrogen and oxygen atoms in total. The maximum atomic E-state index is 13.3. The average molecular weight is 497 g/mol. The van der Waals surface area contributed by atoms with Gasteiger partial charge in [0.15, 0.2) is 0 Å². The normalized spacial score (nSPS) is 11.2. The summed E-state index contributed by atoms with van der Waals surface area (Å²) in [7, 11) is 3.88. The number of nitrogens with zero attached hydrogens (tertiary/aromatic N) is 4. The van der Waals surface area contributed by atoms with E-state index in [4.69, 9.17) is 0 Å². The Morgan fingerprint density at radius 3 is 2.45 bits per heavy atom. The number of fused-ring (bicyclic) bond motifs is 1. The zero-order valence-corrected chi connectivity index (χ0v) is 19.2. The predicted octanol–water partition coefficient (Wildman–Crippen LogP) is 5.94. The van der Waals surface area contributed by atoms with Gasteiger partial charge in [0.1, 0.15) is 5.82 Å². The second-order valence-electron chi connectivity index (χ2n) is 6.96. The van der Waals surface area contributed by atoms with Crippen LogP contribution in [0.1, 0.15) is 15.9 Å². The summed E-state index contributed by atoms with van der Waals surface area (Å²) in [4.78, 5) is 19.9. The number of carbonyl (C=O) groups excluding carboxylic acids is 1.